The molecule has 3 heterocycles. The van der Waals surface area contributed by atoms with E-state index in [-0.39, 0.29) is 40.3 Å². The van der Waals surface area contributed by atoms with Crippen LogP contribution in [0.3, 0.4) is 0 Å². The summed E-state index contributed by atoms with van der Waals surface area (Å²) in [6.45, 7) is 1.81. The summed E-state index contributed by atoms with van der Waals surface area (Å²) in [7, 11) is 0. The molecule has 1 atom stereocenters. The Labute approximate surface area is 200 Å². The molecule has 10 nitrogen and oxygen atoms in total. The minimum absolute atomic E-state index is 0.0434. The Balaban J connectivity index is 1.40. The van der Waals surface area contributed by atoms with Gasteiger partial charge in [0.15, 0.2) is 5.82 Å². The third kappa shape index (κ3) is 4.16. The molecule has 0 radical (unpaired) electrons. The largest absolute Gasteiger partial charge is 0.486 e. The molecule has 1 amide bonds. The fraction of sp³-hybridized carbons (Fsp3) is 0.348. The molecule has 1 unspecified atom stereocenters. The Morgan fingerprint density at radius 3 is 2.91 bits per heavy atom. The molecule has 1 aliphatic heterocycles. The van der Waals surface area contributed by atoms with Gasteiger partial charge in [0.1, 0.15) is 23.8 Å². The lowest BCUT2D eigenvalue weighted by Gasteiger charge is -2.20. The van der Waals surface area contributed by atoms with E-state index in [2.05, 4.69) is 26.2 Å². The van der Waals surface area contributed by atoms with Crippen LogP contribution in [0.15, 0.2) is 40.2 Å². The number of nitrogens with one attached hydrogen (secondary N) is 1. The first-order chi connectivity index (χ1) is 16.4. The Morgan fingerprint density at radius 1 is 1.32 bits per heavy atom. The van der Waals surface area contributed by atoms with E-state index >= 15 is 0 Å². The molecule has 0 bridgehead atoms. The third-order valence-corrected chi connectivity index (χ3v) is 6.22. The molecule has 3 N–H and O–H groups in total. The SMILES string of the molecule is CC1CC(N)=NN1C(=O)c1c(Cl)cccc1OCc1cc(=O)n2[nH]c(C3=CCCCC3)nc2n1. The van der Waals surface area contributed by atoms with Gasteiger partial charge in [-0.1, -0.05) is 23.7 Å². The number of allylic oxidation sites excluding steroid dienone is 2. The number of aromatic amines is 1. The number of hydrogen-bond donors (Lipinski definition) is 2. The number of nitrogens with two attached hydrogens (primary N) is 1. The zero-order chi connectivity index (χ0) is 23.8. The second kappa shape index (κ2) is 8.94. The summed E-state index contributed by atoms with van der Waals surface area (Å²) in [6.07, 6.45) is 6.81. The van der Waals surface area contributed by atoms with Crippen molar-refractivity contribution in [1.29, 1.82) is 0 Å². The molecular weight excluding hydrogens is 458 g/mol. The van der Waals surface area contributed by atoms with Gasteiger partial charge in [-0.2, -0.15) is 14.6 Å². The van der Waals surface area contributed by atoms with Gasteiger partial charge >= 0.3 is 0 Å². The van der Waals surface area contributed by atoms with E-state index in [1.54, 1.807) is 18.2 Å². The van der Waals surface area contributed by atoms with Crippen LogP contribution in [0.4, 0.5) is 0 Å². The van der Waals surface area contributed by atoms with E-state index in [0.29, 0.717) is 23.8 Å². The van der Waals surface area contributed by atoms with Crippen LogP contribution in [0.25, 0.3) is 11.4 Å². The molecule has 1 aromatic carbocycles. The summed E-state index contributed by atoms with van der Waals surface area (Å²) in [6, 6.07) is 6.12. The highest BCUT2D eigenvalue weighted by molar-refractivity contribution is 6.34. The first kappa shape index (κ1) is 22.1. The number of hydrogen-bond acceptors (Lipinski definition) is 7. The lowest BCUT2D eigenvalue weighted by Crippen LogP contribution is -2.31. The van der Waals surface area contributed by atoms with E-state index in [9.17, 15) is 9.59 Å². The summed E-state index contributed by atoms with van der Waals surface area (Å²) in [5, 5.41) is 8.70. The predicted molar refractivity (Wildman–Crippen MR) is 128 cm³/mol. The first-order valence-corrected chi connectivity index (χ1v) is 11.5. The minimum atomic E-state index is -0.408. The smallest absolute Gasteiger partial charge is 0.279 e. The Hall–Kier alpha value is -3.66. The van der Waals surface area contributed by atoms with Gasteiger partial charge in [-0.3, -0.25) is 14.7 Å². The van der Waals surface area contributed by atoms with Crippen molar-refractivity contribution in [3.8, 4) is 5.75 Å². The molecule has 0 spiro atoms. The number of amidine groups is 1. The van der Waals surface area contributed by atoms with E-state index in [1.165, 1.54) is 15.6 Å². The monoisotopic (exact) mass is 481 g/mol. The molecule has 11 heteroatoms. The Kier molecular flexibility index (Phi) is 5.82. The predicted octanol–water partition coefficient (Wildman–Crippen LogP) is 3.11. The molecule has 1 aliphatic carbocycles. The van der Waals surface area contributed by atoms with Gasteiger partial charge < -0.3 is 10.5 Å². The van der Waals surface area contributed by atoms with E-state index in [0.717, 1.165) is 31.3 Å². The molecule has 34 heavy (non-hydrogen) atoms. The van der Waals surface area contributed by atoms with Crippen molar-refractivity contribution in [2.75, 3.05) is 0 Å². The number of fused-ring (bicyclic) bond motifs is 1. The maximum atomic E-state index is 13.1. The van der Waals surface area contributed by atoms with Crippen LogP contribution in [-0.2, 0) is 6.61 Å². The van der Waals surface area contributed by atoms with Crippen LogP contribution in [0.1, 0.15) is 60.9 Å². The van der Waals surface area contributed by atoms with Crippen molar-refractivity contribution in [2.24, 2.45) is 10.8 Å². The Bertz CT molecular complexity index is 1390. The van der Waals surface area contributed by atoms with Gasteiger partial charge in [0, 0.05) is 12.5 Å². The molecule has 2 aliphatic rings. The van der Waals surface area contributed by atoms with E-state index in [1.807, 2.05) is 6.92 Å². The summed E-state index contributed by atoms with van der Waals surface area (Å²) >= 11 is 6.35. The number of aromatic nitrogens is 4. The molecule has 5 rings (SSSR count). The average Bonchev–Trinajstić information content (AvgIpc) is 3.41. The first-order valence-electron chi connectivity index (χ1n) is 11.2. The van der Waals surface area contributed by atoms with Gasteiger partial charge in [-0.15, -0.1) is 0 Å². The number of carbonyl (C=O) groups excluding carboxylic acids is 1. The molecule has 0 fully saturated rings. The summed E-state index contributed by atoms with van der Waals surface area (Å²) in [5.41, 5.74) is 7.15. The quantitative estimate of drug-likeness (QED) is 0.575. The number of amides is 1. The number of ether oxygens (including phenoxy) is 1. The van der Waals surface area contributed by atoms with Crippen LogP contribution >= 0.6 is 11.6 Å². The van der Waals surface area contributed by atoms with Gasteiger partial charge in [-0.05, 0) is 50.3 Å². The number of benzene rings is 1. The number of rotatable bonds is 5. The van der Waals surface area contributed by atoms with Crippen LogP contribution in [-0.4, -0.2) is 42.4 Å². The van der Waals surface area contributed by atoms with Crippen LogP contribution in [0.5, 0.6) is 5.75 Å². The zero-order valence-corrected chi connectivity index (χ0v) is 19.4. The fourth-order valence-corrected chi connectivity index (χ4v) is 4.46. The van der Waals surface area contributed by atoms with Crippen molar-refractivity contribution < 1.29 is 9.53 Å². The lowest BCUT2D eigenvalue weighted by molar-refractivity contribution is 0.0720. The maximum Gasteiger partial charge on any atom is 0.279 e. The average molecular weight is 482 g/mol. The standard InChI is InChI=1S/C23H24ClN7O3/c1-13-10-18(25)28-30(13)22(33)20-16(24)8-5-9-17(20)34-12-15-11-19(32)31-23(26-15)27-21(29-31)14-6-3-2-4-7-14/h5-6,8-9,11,13H,2-4,7,10,12H2,1H3,(H2,25,28)(H,26,27,29). The van der Waals surface area contributed by atoms with Crippen LogP contribution in [0, 0.1) is 0 Å². The highest BCUT2D eigenvalue weighted by atomic mass is 35.5. The third-order valence-electron chi connectivity index (χ3n) is 5.91. The fourth-order valence-electron chi connectivity index (χ4n) is 4.21. The van der Waals surface area contributed by atoms with Gasteiger partial charge in [0.25, 0.3) is 17.2 Å². The number of hydrazone groups is 1. The highest BCUT2D eigenvalue weighted by Crippen LogP contribution is 2.30. The van der Waals surface area contributed by atoms with Crippen molar-refractivity contribution in [3.63, 3.8) is 0 Å². The molecule has 0 saturated carbocycles. The lowest BCUT2D eigenvalue weighted by atomic mass is 9.99. The van der Waals surface area contributed by atoms with Gasteiger partial charge in [-0.25, -0.2) is 9.99 Å². The molecule has 2 aromatic heterocycles. The molecule has 0 saturated heterocycles. The summed E-state index contributed by atoms with van der Waals surface area (Å²) in [5.74, 6) is 1.17. The summed E-state index contributed by atoms with van der Waals surface area (Å²) in [4.78, 5) is 34.8. The van der Waals surface area contributed by atoms with E-state index < -0.39 is 5.91 Å². The highest BCUT2D eigenvalue weighted by Gasteiger charge is 2.31. The van der Waals surface area contributed by atoms with E-state index in [4.69, 9.17) is 22.1 Å². The van der Waals surface area contributed by atoms with Crippen molar-refractivity contribution in [3.05, 3.63) is 62.8 Å². The van der Waals surface area contributed by atoms with Crippen molar-refractivity contribution in [1.82, 2.24) is 24.6 Å². The number of halogens is 1. The topological polar surface area (TPSA) is 131 Å². The maximum absolute atomic E-state index is 13.1. The molecule has 3 aromatic rings. The second-order valence-corrected chi connectivity index (χ2v) is 8.87. The molecule has 176 valence electrons. The normalized spacial score (nSPS) is 18.2. The van der Waals surface area contributed by atoms with Crippen LogP contribution in [0.2, 0.25) is 5.02 Å². The number of carbonyl (C=O) groups is 1. The number of nitrogens with zero attached hydrogens (tertiary/aromatic N) is 5. The number of H-pyrrole nitrogens is 1. The second-order valence-electron chi connectivity index (χ2n) is 8.46. The van der Waals surface area contributed by atoms with Crippen molar-refractivity contribution in [2.45, 2.75) is 51.7 Å². The van der Waals surface area contributed by atoms with Gasteiger partial charge in [0.05, 0.1) is 16.8 Å². The summed E-state index contributed by atoms with van der Waals surface area (Å²) < 4.78 is 7.22. The van der Waals surface area contributed by atoms with Crippen LogP contribution < -0.4 is 16.0 Å². The zero-order valence-electron chi connectivity index (χ0n) is 18.6. The minimum Gasteiger partial charge on any atom is -0.486 e. The molecular formula is C23H24ClN7O3. The van der Waals surface area contributed by atoms with Gasteiger partial charge in [0.2, 0.25) is 0 Å². The Morgan fingerprint density at radius 2 is 2.18 bits per heavy atom. The van der Waals surface area contributed by atoms with Crippen molar-refractivity contribution >= 4 is 34.7 Å².